The monoisotopic (exact) mass is 493 g/mol. The van der Waals surface area contributed by atoms with Crippen molar-refractivity contribution >= 4 is 29.7 Å². The van der Waals surface area contributed by atoms with Crippen molar-refractivity contribution in [3.05, 3.63) is 59.7 Å². The van der Waals surface area contributed by atoms with Gasteiger partial charge in [-0.3, -0.25) is 14.5 Å². The van der Waals surface area contributed by atoms with Gasteiger partial charge in [-0.1, -0.05) is 24.3 Å². The highest BCUT2D eigenvalue weighted by molar-refractivity contribution is 6.19. The van der Waals surface area contributed by atoms with Crippen LogP contribution in [0.5, 0.6) is 23.0 Å². The molecule has 0 amide bonds. The topological polar surface area (TPSA) is 145 Å². The largest absolute Gasteiger partial charge is 0.504 e. The van der Waals surface area contributed by atoms with Crippen molar-refractivity contribution in [1.82, 2.24) is 4.90 Å². The molecule has 0 radical (unpaired) electrons. The average molecular weight is 494 g/mol. The lowest BCUT2D eigenvalue weighted by atomic mass is 9.62. The van der Waals surface area contributed by atoms with Gasteiger partial charge >= 0.3 is 5.97 Å². The minimum absolute atomic E-state index is 0.0712. The van der Waals surface area contributed by atoms with Crippen LogP contribution in [0.1, 0.15) is 24.0 Å². The van der Waals surface area contributed by atoms with E-state index in [0.29, 0.717) is 37.1 Å². The van der Waals surface area contributed by atoms with Crippen LogP contribution in [0.4, 0.5) is 0 Å². The van der Waals surface area contributed by atoms with E-state index in [-0.39, 0.29) is 28.9 Å². The van der Waals surface area contributed by atoms with E-state index in [1.807, 2.05) is 0 Å². The molecule has 3 aliphatic heterocycles. The van der Waals surface area contributed by atoms with Gasteiger partial charge in [-0.2, -0.15) is 0 Å². The number of hydrogen-bond acceptors (Lipinski definition) is 8. The van der Waals surface area contributed by atoms with Crippen molar-refractivity contribution in [2.45, 2.75) is 18.4 Å². The van der Waals surface area contributed by atoms with Crippen LogP contribution in [0.15, 0.2) is 48.6 Å². The number of carboxylic acid groups (broad SMARTS) is 1. The van der Waals surface area contributed by atoms with Gasteiger partial charge in [0.2, 0.25) is 0 Å². The zero-order chi connectivity index (χ0) is 26.0. The van der Waals surface area contributed by atoms with Crippen LogP contribution < -0.4 is 4.74 Å². The quantitative estimate of drug-likeness (QED) is 0.248. The first-order valence-corrected chi connectivity index (χ1v) is 11.5. The zero-order valence-corrected chi connectivity index (χ0v) is 19.6. The maximum Gasteiger partial charge on any atom is 0.333 e. The predicted molar refractivity (Wildman–Crippen MR) is 131 cm³/mol. The van der Waals surface area contributed by atoms with E-state index >= 15 is 0 Å². The number of carboxylic acids is 1. The van der Waals surface area contributed by atoms with Crippen molar-refractivity contribution < 1.29 is 39.5 Å². The number of allylic oxidation sites excluding steroid dienone is 1. The summed E-state index contributed by atoms with van der Waals surface area (Å²) in [5, 5.41) is 39.4. The second-order valence-corrected chi connectivity index (χ2v) is 8.99. The van der Waals surface area contributed by atoms with Crippen LogP contribution in [0.2, 0.25) is 0 Å². The van der Waals surface area contributed by atoms with Crippen molar-refractivity contribution in [2.75, 3.05) is 20.2 Å². The van der Waals surface area contributed by atoms with Gasteiger partial charge in [0.15, 0.2) is 40.1 Å². The summed E-state index contributed by atoms with van der Waals surface area (Å²) in [6.07, 6.45) is 6.47. The number of aromatic hydroxyl groups is 3. The summed E-state index contributed by atoms with van der Waals surface area (Å²) in [4.78, 5) is 41.3. The van der Waals surface area contributed by atoms with Crippen LogP contribution in [-0.2, 0) is 14.4 Å². The fourth-order valence-electron chi connectivity index (χ4n) is 5.27. The Labute approximate surface area is 207 Å². The van der Waals surface area contributed by atoms with Gasteiger partial charge in [-0.25, -0.2) is 4.79 Å². The summed E-state index contributed by atoms with van der Waals surface area (Å²) >= 11 is 0. The molecule has 3 aliphatic rings. The molecule has 0 aromatic heterocycles. The molecule has 2 aromatic rings. The van der Waals surface area contributed by atoms with E-state index in [2.05, 4.69) is 0 Å². The number of nitrogens with zero attached hydrogens (tertiary/aromatic N) is 1. The maximum absolute atomic E-state index is 13.6. The lowest BCUT2D eigenvalue weighted by Gasteiger charge is -2.54. The lowest BCUT2D eigenvalue weighted by molar-refractivity contribution is -0.176. The molecule has 0 spiro atoms. The van der Waals surface area contributed by atoms with Crippen molar-refractivity contribution in [3.8, 4) is 23.0 Å². The number of carbonyl (C=O) groups is 3. The predicted octanol–water partition coefficient (Wildman–Crippen LogP) is 2.84. The Morgan fingerprint density at radius 2 is 1.53 bits per heavy atom. The molecule has 5 rings (SSSR count). The maximum atomic E-state index is 13.6. The van der Waals surface area contributed by atoms with Gasteiger partial charge in [-0.15, -0.1) is 0 Å². The molecule has 36 heavy (non-hydrogen) atoms. The highest BCUT2D eigenvalue weighted by Gasteiger charge is 2.64. The minimum atomic E-state index is -2.04. The van der Waals surface area contributed by atoms with Gasteiger partial charge in [0.1, 0.15) is 0 Å². The van der Waals surface area contributed by atoms with Gasteiger partial charge in [-0.05, 0) is 79.4 Å². The Kier molecular flexibility index (Phi) is 6.85. The smallest absolute Gasteiger partial charge is 0.333 e. The van der Waals surface area contributed by atoms with Crippen molar-refractivity contribution in [2.24, 2.45) is 11.8 Å². The van der Waals surface area contributed by atoms with E-state index in [4.69, 9.17) is 4.74 Å². The van der Waals surface area contributed by atoms with Gasteiger partial charge in [0, 0.05) is 0 Å². The molecule has 9 nitrogen and oxygen atoms in total. The van der Waals surface area contributed by atoms with Crippen molar-refractivity contribution in [3.63, 3.8) is 0 Å². The number of ether oxygens (including phenoxy) is 1. The van der Waals surface area contributed by atoms with E-state index in [1.165, 1.54) is 61.7 Å². The number of carbonyl (C=O) groups excluding carboxylic acids is 2. The van der Waals surface area contributed by atoms with Crippen molar-refractivity contribution in [1.29, 1.82) is 0 Å². The highest BCUT2D eigenvalue weighted by Crippen LogP contribution is 2.46. The number of phenolic OH excluding ortho intramolecular Hbond substituents is 3. The standard InChI is InChI=1S/C27H27NO8/c1-36-23-15-17(3-7-20(23)30)5-9-24(33)27(26(34)35)25(18-10-12-28(27)13-11-18)21(31)8-4-16-2-6-19(29)22(32)14-16/h2-9,14-15,18,25,29-30,32H,10-13H2,1H3,(H,34,35)/b8-4+,9-5+. The molecule has 2 bridgehead atoms. The molecule has 0 saturated carbocycles. The Morgan fingerprint density at radius 3 is 2.14 bits per heavy atom. The van der Waals surface area contributed by atoms with E-state index in [1.54, 1.807) is 11.0 Å². The molecule has 3 heterocycles. The average Bonchev–Trinajstić information content (AvgIpc) is 2.88. The summed E-state index contributed by atoms with van der Waals surface area (Å²) in [6.45, 7) is 0.784. The third-order valence-corrected chi connectivity index (χ3v) is 7.04. The molecule has 2 atom stereocenters. The van der Waals surface area contributed by atoms with Crippen LogP contribution in [0, 0.1) is 11.8 Å². The third-order valence-electron chi connectivity index (χ3n) is 7.04. The molecule has 2 unspecified atom stereocenters. The van der Waals surface area contributed by atoms with Gasteiger partial charge in [0.25, 0.3) is 0 Å². The molecule has 2 aromatic carbocycles. The molecule has 3 saturated heterocycles. The first kappa shape index (κ1) is 25.0. The zero-order valence-electron chi connectivity index (χ0n) is 19.6. The molecule has 188 valence electrons. The Bertz CT molecular complexity index is 1260. The first-order valence-electron chi connectivity index (χ1n) is 11.5. The summed E-state index contributed by atoms with van der Waals surface area (Å²) < 4.78 is 5.08. The van der Waals surface area contributed by atoms with Gasteiger partial charge in [0.05, 0.1) is 13.0 Å². The molecule has 3 fully saturated rings. The number of phenols is 3. The fourth-order valence-corrected chi connectivity index (χ4v) is 5.27. The highest BCUT2D eigenvalue weighted by atomic mass is 16.5. The second-order valence-electron chi connectivity index (χ2n) is 8.99. The van der Waals surface area contributed by atoms with Crippen LogP contribution in [0.3, 0.4) is 0 Å². The van der Waals surface area contributed by atoms with Gasteiger partial charge < -0.3 is 25.2 Å². The second kappa shape index (κ2) is 9.87. The SMILES string of the molecule is COc1cc(/C=C/C(=O)C2(C(=O)O)C(C(=O)/C=C/c3ccc(O)c(O)c3)C3CCN2CC3)ccc1O. The summed E-state index contributed by atoms with van der Waals surface area (Å²) in [5.74, 6) is -4.46. The molecule has 9 heteroatoms. The third kappa shape index (κ3) is 4.33. The number of benzene rings is 2. The van der Waals surface area contributed by atoms with E-state index < -0.39 is 29.0 Å². The van der Waals surface area contributed by atoms with Crippen LogP contribution in [-0.4, -0.2) is 68.6 Å². The molecular weight excluding hydrogens is 466 g/mol. The fraction of sp³-hybridized carbons (Fsp3) is 0.296. The summed E-state index contributed by atoms with van der Waals surface area (Å²) in [7, 11) is 1.39. The summed E-state index contributed by atoms with van der Waals surface area (Å²) in [6, 6.07) is 8.53. The number of hydrogen-bond donors (Lipinski definition) is 4. The Balaban J connectivity index is 1.68. The summed E-state index contributed by atoms with van der Waals surface area (Å²) in [5.41, 5.74) is -1.09. The van der Waals surface area contributed by atoms with Crippen LogP contribution >= 0.6 is 0 Å². The number of fused-ring (bicyclic) bond motifs is 3. The normalized spacial score (nSPS) is 25.3. The Morgan fingerprint density at radius 1 is 0.917 bits per heavy atom. The minimum Gasteiger partial charge on any atom is -0.504 e. The molecular formula is C27H27NO8. The van der Waals surface area contributed by atoms with E-state index in [9.17, 15) is 34.8 Å². The molecule has 4 N–H and O–H groups in total. The number of piperidine rings is 3. The molecule has 0 aliphatic carbocycles. The number of aliphatic carboxylic acids is 1. The lowest BCUT2D eigenvalue weighted by Crippen LogP contribution is -2.73. The first-order chi connectivity index (χ1) is 17.2. The number of ketones is 2. The number of methoxy groups -OCH3 is 1. The van der Waals surface area contributed by atoms with Crippen LogP contribution in [0.25, 0.3) is 12.2 Å². The van der Waals surface area contributed by atoms with E-state index in [0.717, 1.165) is 0 Å². The number of rotatable bonds is 8. The Hall–Kier alpha value is -4.11.